The van der Waals surface area contributed by atoms with Gasteiger partial charge in [0.15, 0.2) is 0 Å². The maximum atomic E-state index is 4.80. The number of hydrogen-bond donors (Lipinski definition) is 0. The molecule has 124 valence electrons. The van der Waals surface area contributed by atoms with E-state index in [9.17, 15) is 0 Å². The van der Waals surface area contributed by atoms with Gasteiger partial charge in [0.05, 0.1) is 17.6 Å². The van der Waals surface area contributed by atoms with Crippen LogP contribution in [-0.2, 0) is 6.54 Å². The average molecular weight is 338 g/mol. The SMILES string of the molecule is C=C(C)c1cc(-c2csc(-c3cnccn3)n2)n(CCCC)c1C. The molecule has 0 saturated carbocycles. The molecule has 0 amide bonds. The van der Waals surface area contributed by atoms with Gasteiger partial charge in [0.1, 0.15) is 10.7 Å². The van der Waals surface area contributed by atoms with E-state index in [2.05, 4.69) is 53.3 Å². The van der Waals surface area contributed by atoms with Crippen molar-refractivity contribution < 1.29 is 0 Å². The summed E-state index contributed by atoms with van der Waals surface area (Å²) in [5.41, 5.74) is 6.54. The van der Waals surface area contributed by atoms with Crippen LogP contribution < -0.4 is 0 Å². The molecule has 0 radical (unpaired) electrons. The number of unbranched alkanes of at least 4 members (excludes halogenated alkanes) is 1. The van der Waals surface area contributed by atoms with Crippen LogP contribution in [-0.4, -0.2) is 19.5 Å². The van der Waals surface area contributed by atoms with E-state index in [1.54, 1.807) is 29.9 Å². The Bertz CT molecular complexity index is 846. The van der Waals surface area contributed by atoms with E-state index in [-0.39, 0.29) is 0 Å². The minimum absolute atomic E-state index is 0.817. The van der Waals surface area contributed by atoms with Crippen LogP contribution in [0.5, 0.6) is 0 Å². The number of aromatic nitrogens is 4. The van der Waals surface area contributed by atoms with Crippen molar-refractivity contribution in [3.8, 4) is 22.1 Å². The molecule has 0 N–H and O–H groups in total. The third kappa shape index (κ3) is 3.17. The second kappa shape index (κ2) is 7.09. The van der Waals surface area contributed by atoms with Crippen LogP contribution in [0, 0.1) is 6.92 Å². The topological polar surface area (TPSA) is 43.6 Å². The molecular formula is C19H22N4S. The highest BCUT2D eigenvalue weighted by atomic mass is 32.1. The molecule has 0 saturated heterocycles. The van der Waals surface area contributed by atoms with E-state index < -0.39 is 0 Å². The van der Waals surface area contributed by atoms with Gasteiger partial charge in [-0.05, 0) is 37.5 Å². The lowest BCUT2D eigenvalue weighted by Gasteiger charge is -2.10. The molecule has 0 bridgehead atoms. The molecule has 0 aliphatic carbocycles. The van der Waals surface area contributed by atoms with Gasteiger partial charge in [0.25, 0.3) is 0 Å². The lowest BCUT2D eigenvalue weighted by molar-refractivity contribution is 0.626. The van der Waals surface area contributed by atoms with Crippen LogP contribution in [0.15, 0.2) is 36.6 Å². The molecule has 3 heterocycles. The molecule has 5 heteroatoms. The molecule has 0 unspecified atom stereocenters. The van der Waals surface area contributed by atoms with E-state index in [0.29, 0.717) is 0 Å². The van der Waals surface area contributed by atoms with Crippen molar-refractivity contribution in [3.05, 3.63) is 47.9 Å². The number of rotatable bonds is 6. The lowest BCUT2D eigenvalue weighted by Crippen LogP contribution is -2.02. The Hall–Kier alpha value is -2.27. The molecule has 0 aliphatic rings. The quantitative estimate of drug-likeness (QED) is 0.619. The first-order valence-electron chi connectivity index (χ1n) is 8.20. The predicted octanol–water partition coefficient (Wildman–Crippen LogP) is 5.21. The number of hydrogen-bond acceptors (Lipinski definition) is 4. The first-order valence-corrected chi connectivity index (χ1v) is 9.08. The van der Waals surface area contributed by atoms with Crippen LogP contribution in [0.1, 0.15) is 37.9 Å². The van der Waals surface area contributed by atoms with E-state index in [0.717, 1.165) is 40.6 Å². The zero-order chi connectivity index (χ0) is 17.1. The highest BCUT2D eigenvalue weighted by molar-refractivity contribution is 7.13. The highest BCUT2D eigenvalue weighted by Crippen LogP contribution is 2.32. The Morgan fingerprint density at radius 2 is 2.12 bits per heavy atom. The number of allylic oxidation sites excluding steroid dienone is 1. The first kappa shape index (κ1) is 16.6. The van der Waals surface area contributed by atoms with E-state index in [1.165, 1.54) is 17.7 Å². The minimum atomic E-state index is 0.817. The van der Waals surface area contributed by atoms with Crippen molar-refractivity contribution in [2.75, 3.05) is 0 Å². The summed E-state index contributed by atoms with van der Waals surface area (Å²) in [6.45, 7) is 11.6. The number of thiazole rings is 1. The van der Waals surface area contributed by atoms with Gasteiger partial charge in [-0.3, -0.25) is 9.97 Å². The Morgan fingerprint density at radius 3 is 2.79 bits per heavy atom. The zero-order valence-electron chi connectivity index (χ0n) is 14.4. The smallest absolute Gasteiger partial charge is 0.144 e. The largest absolute Gasteiger partial charge is 0.343 e. The summed E-state index contributed by atoms with van der Waals surface area (Å²) in [6.07, 6.45) is 7.45. The van der Waals surface area contributed by atoms with E-state index >= 15 is 0 Å². The Morgan fingerprint density at radius 1 is 1.29 bits per heavy atom. The van der Waals surface area contributed by atoms with Crippen LogP contribution in [0.3, 0.4) is 0 Å². The fourth-order valence-corrected chi connectivity index (χ4v) is 3.59. The van der Waals surface area contributed by atoms with Gasteiger partial charge >= 0.3 is 0 Å². The van der Waals surface area contributed by atoms with Gasteiger partial charge in [0, 0.05) is 30.0 Å². The van der Waals surface area contributed by atoms with E-state index in [1.807, 2.05) is 0 Å². The molecule has 4 nitrogen and oxygen atoms in total. The summed E-state index contributed by atoms with van der Waals surface area (Å²) in [5.74, 6) is 0. The van der Waals surface area contributed by atoms with Crippen LogP contribution in [0.25, 0.3) is 27.7 Å². The monoisotopic (exact) mass is 338 g/mol. The molecule has 3 aromatic heterocycles. The fraction of sp³-hybridized carbons (Fsp3) is 0.316. The van der Waals surface area contributed by atoms with Crippen LogP contribution >= 0.6 is 11.3 Å². The van der Waals surface area contributed by atoms with Crippen molar-refractivity contribution in [3.63, 3.8) is 0 Å². The van der Waals surface area contributed by atoms with Crippen LogP contribution in [0.4, 0.5) is 0 Å². The fourth-order valence-electron chi connectivity index (χ4n) is 2.81. The Labute approximate surface area is 146 Å². The zero-order valence-corrected chi connectivity index (χ0v) is 15.2. The standard InChI is InChI=1S/C19H22N4S/c1-5-6-9-23-14(4)15(13(2)3)10-18(23)17-12-24-19(22-17)16-11-20-7-8-21-16/h7-8,10-12H,2,5-6,9H2,1,3-4H3. The summed E-state index contributed by atoms with van der Waals surface area (Å²) in [5, 5.41) is 3.00. The van der Waals surface area contributed by atoms with Gasteiger partial charge in [-0.15, -0.1) is 11.3 Å². The van der Waals surface area contributed by atoms with Crippen molar-refractivity contribution in [2.24, 2.45) is 0 Å². The summed E-state index contributed by atoms with van der Waals surface area (Å²) in [4.78, 5) is 13.3. The van der Waals surface area contributed by atoms with Crippen LogP contribution in [0.2, 0.25) is 0 Å². The lowest BCUT2D eigenvalue weighted by atomic mass is 10.1. The van der Waals surface area contributed by atoms with Gasteiger partial charge in [-0.25, -0.2) is 4.98 Å². The molecule has 3 rings (SSSR count). The molecule has 3 aromatic rings. The average Bonchev–Trinajstić information content (AvgIpc) is 3.19. The maximum Gasteiger partial charge on any atom is 0.144 e. The van der Waals surface area contributed by atoms with Gasteiger partial charge in [0.2, 0.25) is 0 Å². The summed E-state index contributed by atoms with van der Waals surface area (Å²) in [7, 11) is 0. The summed E-state index contributed by atoms with van der Waals surface area (Å²) >= 11 is 1.60. The Kier molecular flexibility index (Phi) is 4.90. The molecule has 0 atom stereocenters. The van der Waals surface area contributed by atoms with Crippen molar-refractivity contribution >= 4 is 16.9 Å². The molecular weight excluding hydrogens is 316 g/mol. The first-order chi connectivity index (χ1) is 11.6. The van der Waals surface area contributed by atoms with Crippen molar-refractivity contribution in [1.29, 1.82) is 0 Å². The molecule has 0 aromatic carbocycles. The molecule has 0 fully saturated rings. The molecule has 24 heavy (non-hydrogen) atoms. The highest BCUT2D eigenvalue weighted by Gasteiger charge is 2.16. The third-order valence-corrected chi connectivity index (χ3v) is 4.98. The molecule has 0 aliphatic heterocycles. The summed E-state index contributed by atoms with van der Waals surface area (Å²) in [6, 6.07) is 2.21. The van der Waals surface area contributed by atoms with Crippen molar-refractivity contribution in [1.82, 2.24) is 19.5 Å². The van der Waals surface area contributed by atoms with E-state index in [4.69, 9.17) is 4.98 Å². The van der Waals surface area contributed by atoms with Gasteiger partial charge in [-0.2, -0.15) is 0 Å². The normalized spacial score (nSPS) is 11.0. The predicted molar refractivity (Wildman–Crippen MR) is 101 cm³/mol. The summed E-state index contributed by atoms with van der Waals surface area (Å²) < 4.78 is 2.36. The van der Waals surface area contributed by atoms with Crippen molar-refractivity contribution in [2.45, 2.75) is 40.2 Å². The minimum Gasteiger partial charge on any atom is -0.343 e. The second-order valence-corrected chi connectivity index (χ2v) is 6.80. The van der Waals surface area contributed by atoms with Gasteiger partial charge < -0.3 is 4.57 Å². The van der Waals surface area contributed by atoms with Gasteiger partial charge in [-0.1, -0.05) is 19.9 Å². The molecule has 0 spiro atoms. The maximum absolute atomic E-state index is 4.80. The second-order valence-electron chi connectivity index (χ2n) is 5.94. The number of nitrogens with zero attached hydrogens (tertiary/aromatic N) is 4. The Balaban J connectivity index is 2.04. The third-order valence-electron chi connectivity index (χ3n) is 4.11.